The lowest BCUT2D eigenvalue weighted by atomic mass is 10.3. The van der Waals surface area contributed by atoms with Gasteiger partial charge in [0.25, 0.3) is 0 Å². The monoisotopic (exact) mass is 158 g/mol. The Morgan fingerprint density at radius 3 is 2.70 bits per heavy atom. The van der Waals surface area contributed by atoms with Crippen LogP contribution in [0.1, 0.15) is 13.3 Å². The molecular formula is C7H14N2S. The van der Waals surface area contributed by atoms with Gasteiger partial charge in [-0.05, 0) is 24.7 Å². The third-order valence-corrected chi connectivity index (χ3v) is 1.35. The van der Waals surface area contributed by atoms with Crippen molar-refractivity contribution in [3.8, 4) is 0 Å². The van der Waals surface area contributed by atoms with Crippen LogP contribution in [0.5, 0.6) is 0 Å². The second-order valence-electron chi connectivity index (χ2n) is 2.12. The van der Waals surface area contributed by atoms with E-state index in [9.17, 15) is 0 Å². The summed E-state index contributed by atoms with van der Waals surface area (Å²) in [6.45, 7) is 6.26. The standard InChI is InChI=1S/C7H14N2S/c1-6(2)7(8)9-4-3-5-10/h10H,1,3-5H2,2H3,(H2,8,9). The first-order chi connectivity index (χ1) is 4.68. The third-order valence-electron chi connectivity index (χ3n) is 1.04. The van der Waals surface area contributed by atoms with Gasteiger partial charge in [-0.1, -0.05) is 6.58 Å². The zero-order valence-electron chi connectivity index (χ0n) is 6.30. The Kier molecular flexibility index (Phi) is 5.12. The van der Waals surface area contributed by atoms with Crippen molar-refractivity contribution in [1.82, 2.24) is 0 Å². The molecular weight excluding hydrogens is 144 g/mol. The maximum Gasteiger partial charge on any atom is 0.120 e. The fraction of sp³-hybridized carbons (Fsp3) is 0.571. The quantitative estimate of drug-likeness (QED) is 0.275. The molecule has 0 saturated carbocycles. The molecule has 0 aliphatic heterocycles. The molecule has 0 spiro atoms. The largest absolute Gasteiger partial charge is 0.384 e. The molecule has 10 heavy (non-hydrogen) atoms. The van der Waals surface area contributed by atoms with Crippen LogP contribution in [0.2, 0.25) is 0 Å². The number of nitrogens with two attached hydrogens (primary N) is 1. The lowest BCUT2D eigenvalue weighted by molar-refractivity contribution is 0.943. The Balaban J connectivity index is 3.58. The predicted molar refractivity (Wildman–Crippen MR) is 49.8 cm³/mol. The molecule has 0 heterocycles. The number of amidine groups is 1. The number of aliphatic imine (C=N–C) groups is 1. The molecule has 0 aromatic carbocycles. The predicted octanol–water partition coefficient (Wildman–Crippen LogP) is 1.24. The van der Waals surface area contributed by atoms with Crippen LogP contribution in [0.3, 0.4) is 0 Å². The first-order valence-electron chi connectivity index (χ1n) is 3.25. The average Bonchev–Trinajstić information content (AvgIpc) is 1.88. The van der Waals surface area contributed by atoms with Gasteiger partial charge in [0.1, 0.15) is 5.84 Å². The summed E-state index contributed by atoms with van der Waals surface area (Å²) in [5.41, 5.74) is 6.32. The van der Waals surface area contributed by atoms with Crippen LogP contribution in [0.25, 0.3) is 0 Å². The van der Waals surface area contributed by atoms with Crippen LogP contribution < -0.4 is 5.73 Å². The highest BCUT2D eigenvalue weighted by Gasteiger charge is 1.89. The minimum absolute atomic E-state index is 0.557. The van der Waals surface area contributed by atoms with Gasteiger partial charge in [0.2, 0.25) is 0 Å². The van der Waals surface area contributed by atoms with Gasteiger partial charge in [-0.25, -0.2) is 0 Å². The minimum atomic E-state index is 0.557. The van der Waals surface area contributed by atoms with Crippen LogP contribution in [0.15, 0.2) is 17.1 Å². The van der Waals surface area contributed by atoms with Gasteiger partial charge in [0.05, 0.1) is 0 Å². The van der Waals surface area contributed by atoms with Crippen molar-refractivity contribution < 1.29 is 0 Å². The normalized spacial score (nSPS) is 11.6. The SMILES string of the molecule is C=C(C)C(N)=NCCCS. The number of hydrogen-bond acceptors (Lipinski definition) is 2. The number of hydrogen-bond donors (Lipinski definition) is 2. The Hall–Kier alpha value is -0.440. The molecule has 0 aliphatic carbocycles. The zero-order chi connectivity index (χ0) is 7.98. The topological polar surface area (TPSA) is 38.4 Å². The molecule has 2 nitrogen and oxygen atoms in total. The van der Waals surface area contributed by atoms with E-state index in [4.69, 9.17) is 5.73 Å². The summed E-state index contributed by atoms with van der Waals surface area (Å²) in [6.07, 6.45) is 0.969. The number of thiol groups is 1. The van der Waals surface area contributed by atoms with Crippen molar-refractivity contribution in [2.75, 3.05) is 12.3 Å². The molecule has 0 saturated heterocycles. The number of nitrogens with zero attached hydrogens (tertiary/aromatic N) is 1. The van der Waals surface area contributed by atoms with Crippen LogP contribution in [0, 0.1) is 0 Å². The number of rotatable bonds is 4. The molecule has 0 aliphatic rings. The zero-order valence-corrected chi connectivity index (χ0v) is 7.19. The summed E-state index contributed by atoms with van der Waals surface area (Å²) in [6, 6.07) is 0. The van der Waals surface area contributed by atoms with E-state index in [2.05, 4.69) is 24.2 Å². The Bertz CT molecular complexity index is 141. The van der Waals surface area contributed by atoms with E-state index in [1.54, 1.807) is 0 Å². The van der Waals surface area contributed by atoms with Gasteiger partial charge < -0.3 is 5.73 Å². The maximum atomic E-state index is 5.48. The van der Waals surface area contributed by atoms with Crippen molar-refractivity contribution in [3.05, 3.63) is 12.2 Å². The molecule has 0 bridgehead atoms. The van der Waals surface area contributed by atoms with Crippen molar-refractivity contribution in [1.29, 1.82) is 0 Å². The van der Waals surface area contributed by atoms with E-state index in [0.29, 0.717) is 5.84 Å². The van der Waals surface area contributed by atoms with E-state index in [1.807, 2.05) is 6.92 Å². The van der Waals surface area contributed by atoms with Crippen molar-refractivity contribution >= 4 is 18.5 Å². The molecule has 2 N–H and O–H groups in total. The smallest absolute Gasteiger partial charge is 0.120 e. The molecule has 0 atom stereocenters. The van der Waals surface area contributed by atoms with Crippen molar-refractivity contribution in [2.45, 2.75) is 13.3 Å². The molecule has 0 aromatic heterocycles. The van der Waals surface area contributed by atoms with Crippen LogP contribution in [-0.2, 0) is 0 Å². The first-order valence-corrected chi connectivity index (χ1v) is 3.88. The molecule has 0 unspecified atom stereocenters. The molecule has 0 aromatic rings. The van der Waals surface area contributed by atoms with Crippen LogP contribution in [0.4, 0.5) is 0 Å². The first kappa shape index (κ1) is 9.56. The lowest BCUT2D eigenvalue weighted by Crippen LogP contribution is -2.12. The van der Waals surface area contributed by atoms with Gasteiger partial charge in [-0.2, -0.15) is 12.6 Å². The highest BCUT2D eigenvalue weighted by molar-refractivity contribution is 7.80. The molecule has 0 radical (unpaired) electrons. The van der Waals surface area contributed by atoms with Gasteiger partial charge in [-0.3, -0.25) is 4.99 Å². The van der Waals surface area contributed by atoms with Gasteiger partial charge in [0, 0.05) is 6.54 Å². The Morgan fingerprint density at radius 2 is 2.30 bits per heavy atom. The summed E-state index contributed by atoms with van der Waals surface area (Å²) in [5.74, 6) is 1.41. The summed E-state index contributed by atoms with van der Waals surface area (Å²) in [5, 5.41) is 0. The molecule has 3 heteroatoms. The summed E-state index contributed by atoms with van der Waals surface area (Å²) in [4.78, 5) is 4.06. The minimum Gasteiger partial charge on any atom is -0.384 e. The maximum absolute atomic E-state index is 5.48. The second kappa shape index (κ2) is 5.35. The van der Waals surface area contributed by atoms with Crippen molar-refractivity contribution in [3.63, 3.8) is 0 Å². The Morgan fingerprint density at radius 1 is 1.70 bits per heavy atom. The van der Waals surface area contributed by atoms with Gasteiger partial charge in [0.15, 0.2) is 0 Å². The van der Waals surface area contributed by atoms with Crippen LogP contribution in [-0.4, -0.2) is 18.1 Å². The van der Waals surface area contributed by atoms with E-state index >= 15 is 0 Å². The summed E-state index contributed by atoms with van der Waals surface area (Å²) >= 11 is 4.04. The summed E-state index contributed by atoms with van der Waals surface area (Å²) < 4.78 is 0. The molecule has 58 valence electrons. The van der Waals surface area contributed by atoms with E-state index in [0.717, 1.165) is 24.3 Å². The molecule has 0 fully saturated rings. The van der Waals surface area contributed by atoms with Crippen molar-refractivity contribution in [2.24, 2.45) is 10.7 Å². The van der Waals surface area contributed by atoms with E-state index in [1.165, 1.54) is 0 Å². The van der Waals surface area contributed by atoms with Gasteiger partial charge >= 0.3 is 0 Å². The third kappa shape index (κ3) is 4.44. The van der Waals surface area contributed by atoms with Crippen LogP contribution >= 0.6 is 12.6 Å². The molecule has 0 amide bonds. The second-order valence-corrected chi connectivity index (χ2v) is 2.57. The average molecular weight is 158 g/mol. The van der Waals surface area contributed by atoms with Gasteiger partial charge in [-0.15, -0.1) is 0 Å². The highest BCUT2D eigenvalue weighted by Crippen LogP contribution is 1.89. The van der Waals surface area contributed by atoms with E-state index < -0.39 is 0 Å². The fourth-order valence-electron chi connectivity index (χ4n) is 0.405. The summed E-state index contributed by atoms with van der Waals surface area (Å²) in [7, 11) is 0. The Labute approximate surface area is 67.6 Å². The highest BCUT2D eigenvalue weighted by atomic mass is 32.1. The van der Waals surface area contributed by atoms with E-state index in [-0.39, 0.29) is 0 Å². The fourth-order valence-corrected chi connectivity index (χ4v) is 0.547. The lowest BCUT2D eigenvalue weighted by Gasteiger charge is -1.96. The molecule has 0 rings (SSSR count).